The van der Waals surface area contributed by atoms with Crippen LogP contribution in [0.4, 0.5) is 0 Å². The quantitative estimate of drug-likeness (QED) is 0.434. The maximum Gasteiger partial charge on any atom is 0.101 e. The van der Waals surface area contributed by atoms with Crippen LogP contribution in [0, 0.1) is 0 Å². The van der Waals surface area contributed by atoms with Crippen molar-refractivity contribution < 1.29 is 10.4 Å². The molecule has 0 aliphatic heterocycles. The Bertz CT molecular complexity index is 320. The molecule has 1 aromatic rings. The molecule has 0 saturated carbocycles. The van der Waals surface area contributed by atoms with Crippen molar-refractivity contribution in [3.63, 3.8) is 0 Å². The van der Waals surface area contributed by atoms with Gasteiger partial charge in [-0.25, -0.2) is 0 Å². The van der Waals surface area contributed by atoms with Gasteiger partial charge in [0.05, 0.1) is 6.21 Å². The zero-order valence-electron chi connectivity index (χ0n) is 7.67. The van der Waals surface area contributed by atoms with Crippen LogP contribution in [-0.4, -0.2) is 22.3 Å². The fourth-order valence-electron chi connectivity index (χ4n) is 1.12. The van der Waals surface area contributed by atoms with Crippen LogP contribution in [-0.2, 0) is 6.42 Å². The van der Waals surface area contributed by atoms with E-state index in [1.165, 1.54) is 0 Å². The minimum absolute atomic E-state index is 0.358. The van der Waals surface area contributed by atoms with E-state index in [1.807, 2.05) is 30.3 Å². The first-order valence-corrected chi connectivity index (χ1v) is 4.29. The van der Waals surface area contributed by atoms with Gasteiger partial charge in [-0.1, -0.05) is 40.6 Å². The lowest BCUT2D eigenvalue weighted by Gasteiger charge is -1.98. The van der Waals surface area contributed by atoms with E-state index in [-0.39, 0.29) is 0 Å². The Balaban J connectivity index is 2.48. The Morgan fingerprint density at radius 2 is 1.93 bits per heavy atom. The van der Waals surface area contributed by atoms with Crippen molar-refractivity contribution in [2.24, 2.45) is 10.3 Å². The molecule has 0 spiro atoms. The zero-order valence-corrected chi connectivity index (χ0v) is 7.67. The first-order valence-electron chi connectivity index (χ1n) is 4.29. The van der Waals surface area contributed by atoms with Gasteiger partial charge in [0.1, 0.15) is 5.71 Å². The molecule has 0 fully saturated rings. The Hall–Kier alpha value is -1.84. The Morgan fingerprint density at radius 3 is 2.50 bits per heavy atom. The summed E-state index contributed by atoms with van der Waals surface area (Å²) in [5.41, 5.74) is 1.51. The molecule has 0 unspecified atom stereocenters. The molecule has 0 bridgehead atoms. The smallest absolute Gasteiger partial charge is 0.101 e. The van der Waals surface area contributed by atoms with Gasteiger partial charge >= 0.3 is 0 Å². The topological polar surface area (TPSA) is 65.2 Å². The van der Waals surface area contributed by atoms with E-state index in [2.05, 4.69) is 10.3 Å². The second-order valence-corrected chi connectivity index (χ2v) is 2.82. The minimum atomic E-state index is 0.358. The van der Waals surface area contributed by atoms with Gasteiger partial charge in [0.15, 0.2) is 0 Å². The lowest BCUT2D eigenvalue weighted by molar-refractivity contribution is 0.314. The molecular weight excluding hydrogens is 180 g/mol. The van der Waals surface area contributed by atoms with Gasteiger partial charge in [-0.15, -0.1) is 0 Å². The molecule has 0 heterocycles. The predicted molar refractivity (Wildman–Crippen MR) is 54.3 cm³/mol. The highest BCUT2D eigenvalue weighted by molar-refractivity contribution is 6.30. The number of benzene rings is 1. The molecule has 0 aliphatic rings. The number of oxime groups is 2. The monoisotopic (exact) mass is 192 g/mol. The minimum Gasteiger partial charge on any atom is -0.411 e. The molecule has 2 N–H and O–H groups in total. The van der Waals surface area contributed by atoms with Crippen molar-refractivity contribution >= 4 is 11.9 Å². The Labute approximate surface area is 82.2 Å². The highest BCUT2D eigenvalue weighted by Gasteiger charge is 1.98. The molecule has 4 nitrogen and oxygen atoms in total. The summed E-state index contributed by atoms with van der Waals surface area (Å²) >= 11 is 0. The van der Waals surface area contributed by atoms with Crippen molar-refractivity contribution in [3.05, 3.63) is 35.9 Å². The number of hydrogen-bond acceptors (Lipinski definition) is 4. The standard InChI is InChI=1S/C10H12N2O2/c13-11-8-10(12-14)7-6-9-4-2-1-3-5-9/h1-5,8,13-14H,6-7H2. The van der Waals surface area contributed by atoms with Gasteiger partial charge in [-0.05, 0) is 18.4 Å². The normalized spacial score (nSPS) is 12.1. The fourth-order valence-corrected chi connectivity index (χ4v) is 1.12. The van der Waals surface area contributed by atoms with E-state index in [4.69, 9.17) is 10.4 Å². The first-order chi connectivity index (χ1) is 6.86. The van der Waals surface area contributed by atoms with E-state index in [1.54, 1.807) is 0 Å². The molecule has 14 heavy (non-hydrogen) atoms. The molecule has 74 valence electrons. The Kier molecular flexibility index (Phi) is 4.20. The highest BCUT2D eigenvalue weighted by atomic mass is 16.4. The molecule has 4 heteroatoms. The zero-order chi connectivity index (χ0) is 10.2. The van der Waals surface area contributed by atoms with Crippen molar-refractivity contribution in [3.8, 4) is 0 Å². The van der Waals surface area contributed by atoms with Crippen LogP contribution in [0.15, 0.2) is 40.6 Å². The van der Waals surface area contributed by atoms with Gasteiger partial charge in [0.25, 0.3) is 0 Å². The van der Waals surface area contributed by atoms with Crippen LogP contribution in [0.25, 0.3) is 0 Å². The van der Waals surface area contributed by atoms with Gasteiger partial charge in [-0.2, -0.15) is 0 Å². The van der Waals surface area contributed by atoms with Gasteiger partial charge < -0.3 is 10.4 Å². The molecule has 0 radical (unpaired) electrons. The molecule has 0 saturated heterocycles. The van der Waals surface area contributed by atoms with E-state index in [9.17, 15) is 0 Å². The van der Waals surface area contributed by atoms with Crippen LogP contribution < -0.4 is 0 Å². The first kappa shape index (κ1) is 10.2. The second-order valence-electron chi connectivity index (χ2n) is 2.82. The summed E-state index contributed by atoms with van der Waals surface area (Å²) in [6, 6.07) is 9.83. The number of aryl methyl sites for hydroxylation is 1. The van der Waals surface area contributed by atoms with Gasteiger partial charge in [-0.3, -0.25) is 0 Å². The molecule has 0 amide bonds. The average Bonchev–Trinajstić information content (AvgIpc) is 2.25. The van der Waals surface area contributed by atoms with Crippen LogP contribution in [0.3, 0.4) is 0 Å². The van der Waals surface area contributed by atoms with Crippen LogP contribution >= 0.6 is 0 Å². The summed E-state index contributed by atoms with van der Waals surface area (Å²) in [4.78, 5) is 0. The van der Waals surface area contributed by atoms with E-state index in [0.29, 0.717) is 12.1 Å². The summed E-state index contributed by atoms with van der Waals surface area (Å²) in [5, 5.41) is 22.6. The van der Waals surface area contributed by atoms with Crippen molar-refractivity contribution in [1.29, 1.82) is 0 Å². The second kappa shape index (κ2) is 5.75. The third-order valence-corrected chi connectivity index (χ3v) is 1.85. The van der Waals surface area contributed by atoms with E-state index in [0.717, 1.165) is 18.2 Å². The summed E-state index contributed by atoms with van der Waals surface area (Å²) in [6.45, 7) is 0. The van der Waals surface area contributed by atoms with Crippen LogP contribution in [0.1, 0.15) is 12.0 Å². The van der Waals surface area contributed by atoms with Gasteiger partial charge in [0.2, 0.25) is 0 Å². The lowest BCUT2D eigenvalue weighted by Crippen LogP contribution is -2.02. The van der Waals surface area contributed by atoms with Crippen LogP contribution in [0.5, 0.6) is 0 Å². The average molecular weight is 192 g/mol. The van der Waals surface area contributed by atoms with Gasteiger partial charge in [0, 0.05) is 0 Å². The molecular formula is C10H12N2O2. The van der Waals surface area contributed by atoms with Crippen LogP contribution in [0.2, 0.25) is 0 Å². The number of nitrogens with zero attached hydrogens (tertiary/aromatic N) is 2. The molecule has 0 aliphatic carbocycles. The van der Waals surface area contributed by atoms with Crippen molar-refractivity contribution in [1.82, 2.24) is 0 Å². The van der Waals surface area contributed by atoms with E-state index >= 15 is 0 Å². The SMILES string of the molecule is ON=CC(CCc1ccccc1)=NO. The maximum atomic E-state index is 8.52. The largest absolute Gasteiger partial charge is 0.411 e. The van der Waals surface area contributed by atoms with Crippen molar-refractivity contribution in [2.45, 2.75) is 12.8 Å². The number of rotatable bonds is 4. The molecule has 1 rings (SSSR count). The van der Waals surface area contributed by atoms with E-state index < -0.39 is 0 Å². The summed E-state index contributed by atoms with van der Waals surface area (Å²) in [6.07, 6.45) is 2.43. The molecule has 0 atom stereocenters. The third-order valence-electron chi connectivity index (χ3n) is 1.85. The summed E-state index contributed by atoms with van der Waals surface area (Å²) in [5.74, 6) is 0. The molecule has 0 aromatic heterocycles. The maximum absolute atomic E-state index is 8.52. The predicted octanol–water partition coefficient (Wildman–Crippen LogP) is 1.91. The Morgan fingerprint density at radius 1 is 1.21 bits per heavy atom. The third kappa shape index (κ3) is 3.26. The lowest BCUT2D eigenvalue weighted by atomic mass is 10.1. The number of hydrogen-bond donors (Lipinski definition) is 2. The molecule has 1 aromatic carbocycles. The summed E-state index contributed by atoms with van der Waals surface area (Å²) < 4.78 is 0. The highest BCUT2D eigenvalue weighted by Crippen LogP contribution is 2.02. The van der Waals surface area contributed by atoms with Crippen molar-refractivity contribution in [2.75, 3.05) is 0 Å². The summed E-state index contributed by atoms with van der Waals surface area (Å²) in [7, 11) is 0. The fraction of sp³-hybridized carbons (Fsp3) is 0.200.